The zero-order valence-electron chi connectivity index (χ0n) is 20.3. The minimum Gasteiger partial charge on any atom is -0.387 e. The van der Waals surface area contributed by atoms with E-state index in [0.717, 1.165) is 69.0 Å². The monoisotopic (exact) mass is 462 g/mol. The second-order valence-corrected chi connectivity index (χ2v) is 9.77. The number of hydrogen-bond donors (Lipinski definition) is 2. The Labute approximate surface area is 200 Å². The summed E-state index contributed by atoms with van der Waals surface area (Å²) in [5.74, 6) is 2.64. The van der Waals surface area contributed by atoms with Crippen molar-refractivity contribution < 1.29 is 5.11 Å². The standard InChI is InChI=1S/C25H34N8O/c1-17-6-7-33(15-17)24-23-20(12-21(28-24)18(2)34)14-27-25(30-23)29-22-5-4-19(13-26-22)16-32-10-8-31(3)9-11-32/h4-5,12-14,17-18,34H,6-11,15-16H2,1-3H3,(H,26,27,29,30)/t17-,18-/m1/s1. The van der Waals surface area contributed by atoms with Crippen LogP contribution in [0.4, 0.5) is 17.6 Å². The van der Waals surface area contributed by atoms with Gasteiger partial charge in [-0.3, -0.25) is 4.90 Å². The van der Waals surface area contributed by atoms with Crippen LogP contribution < -0.4 is 10.2 Å². The lowest BCUT2D eigenvalue weighted by Crippen LogP contribution is -2.43. The molecular weight excluding hydrogens is 428 g/mol. The van der Waals surface area contributed by atoms with Crippen molar-refractivity contribution in [3.63, 3.8) is 0 Å². The van der Waals surface area contributed by atoms with E-state index in [2.05, 4.69) is 50.0 Å². The van der Waals surface area contributed by atoms with Crippen LogP contribution >= 0.6 is 0 Å². The van der Waals surface area contributed by atoms with E-state index < -0.39 is 6.10 Å². The van der Waals surface area contributed by atoms with Gasteiger partial charge in [-0.2, -0.15) is 0 Å². The Balaban J connectivity index is 1.35. The predicted octanol–water partition coefficient (Wildman–Crippen LogP) is 2.81. The van der Waals surface area contributed by atoms with E-state index in [1.54, 1.807) is 13.1 Å². The van der Waals surface area contributed by atoms with Crippen molar-refractivity contribution in [1.82, 2.24) is 29.7 Å². The first kappa shape index (κ1) is 22.9. The van der Waals surface area contributed by atoms with Gasteiger partial charge in [0.15, 0.2) is 5.82 Å². The van der Waals surface area contributed by atoms with E-state index in [1.807, 2.05) is 18.3 Å². The van der Waals surface area contributed by atoms with Crippen molar-refractivity contribution in [1.29, 1.82) is 0 Å². The summed E-state index contributed by atoms with van der Waals surface area (Å²) in [7, 11) is 2.17. The smallest absolute Gasteiger partial charge is 0.229 e. The maximum absolute atomic E-state index is 10.1. The van der Waals surface area contributed by atoms with E-state index in [4.69, 9.17) is 9.97 Å². The van der Waals surface area contributed by atoms with Gasteiger partial charge in [-0.05, 0) is 44.0 Å². The average Bonchev–Trinajstić information content (AvgIpc) is 3.27. The molecule has 2 aliphatic heterocycles. The van der Waals surface area contributed by atoms with Gasteiger partial charge >= 0.3 is 0 Å². The van der Waals surface area contributed by atoms with Crippen molar-refractivity contribution in [3.8, 4) is 0 Å². The Morgan fingerprint density at radius 1 is 1.09 bits per heavy atom. The third-order valence-electron chi connectivity index (χ3n) is 6.79. The molecule has 34 heavy (non-hydrogen) atoms. The Morgan fingerprint density at radius 3 is 2.59 bits per heavy atom. The first-order chi connectivity index (χ1) is 16.4. The van der Waals surface area contributed by atoms with Crippen LogP contribution in [-0.2, 0) is 6.54 Å². The molecular formula is C25H34N8O. The van der Waals surface area contributed by atoms with Gasteiger partial charge in [0.1, 0.15) is 11.3 Å². The molecule has 2 N–H and O–H groups in total. The highest BCUT2D eigenvalue weighted by molar-refractivity contribution is 5.89. The SMILES string of the molecule is C[C@@H]1CCN(c2nc([C@@H](C)O)cc3cnc(Nc4ccc(CN5CCN(C)CC5)cn4)nc23)C1. The molecule has 0 spiro atoms. The van der Waals surface area contributed by atoms with Gasteiger partial charge in [-0.15, -0.1) is 0 Å². The summed E-state index contributed by atoms with van der Waals surface area (Å²) in [4.78, 5) is 25.8. The highest BCUT2D eigenvalue weighted by Gasteiger charge is 2.24. The van der Waals surface area contributed by atoms with Gasteiger partial charge in [-0.25, -0.2) is 19.9 Å². The quantitative estimate of drug-likeness (QED) is 0.573. The molecule has 3 aromatic rings. The number of pyridine rings is 2. The van der Waals surface area contributed by atoms with Crippen molar-refractivity contribution >= 4 is 28.5 Å². The van der Waals surface area contributed by atoms with Crippen LogP contribution in [0.5, 0.6) is 0 Å². The van der Waals surface area contributed by atoms with Crippen LogP contribution in [-0.4, -0.2) is 81.2 Å². The number of anilines is 3. The summed E-state index contributed by atoms with van der Waals surface area (Å²) in [6.45, 7) is 11.2. The molecule has 0 bridgehead atoms. The summed E-state index contributed by atoms with van der Waals surface area (Å²) in [6.07, 6.45) is 4.20. The first-order valence-corrected chi connectivity index (χ1v) is 12.2. The Bertz CT molecular complexity index is 1130. The number of fused-ring (bicyclic) bond motifs is 1. The van der Waals surface area contributed by atoms with Crippen LogP contribution in [0.3, 0.4) is 0 Å². The fraction of sp³-hybridized carbons (Fsp3) is 0.520. The summed E-state index contributed by atoms with van der Waals surface area (Å²) < 4.78 is 0. The molecule has 2 fully saturated rings. The second kappa shape index (κ2) is 9.77. The van der Waals surface area contributed by atoms with E-state index in [1.165, 1.54) is 5.56 Å². The number of aromatic nitrogens is 4. The lowest BCUT2D eigenvalue weighted by Gasteiger charge is -2.32. The number of aliphatic hydroxyl groups excluding tert-OH is 1. The Hall–Kier alpha value is -2.88. The molecule has 5 heterocycles. The summed E-state index contributed by atoms with van der Waals surface area (Å²) in [5.41, 5.74) is 2.64. The average molecular weight is 463 g/mol. The lowest BCUT2D eigenvalue weighted by molar-refractivity contribution is 0.148. The normalized spacial score (nSPS) is 20.7. The van der Waals surface area contributed by atoms with E-state index >= 15 is 0 Å². The van der Waals surface area contributed by atoms with Gasteiger partial charge in [0.25, 0.3) is 0 Å². The topological polar surface area (TPSA) is 93.5 Å². The van der Waals surface area contributed by atoms with Gasteiger partial charge in [0.2, 0.25) is 5.95 Å². The zero-order chi connectivity index (χ0) is 23.7. The Morgan fingerprint density at radius 2 is 1.91 bits per heavy atom. The van der Waals surface area contributed by atoms with Crippen LogP contribution in [0, 0.1) is 5.92 Å². The molecule has 0 aliphatic carbocycles. The highest BCUT2D eigenvalue weighted by atomic mass is 16.3. The third-order valence-corrected chi connectivity index (χ3v) is 6.79. The molecule has 0 saturated carbocycles. The molecule has 0 aromatic carbocycles. The largest absolute Gasteiger partial charge is 0.387 e. The van der Waals surface area contributed by atoms with Gasteiger partial charge < -0.3 is 20.2 Å². The summed E-state index contributed by atoms with van der Waals surface area (Å²) in [5, 5.41) is 14.3. The summed E-state index contributed by atoms with van der Waals surface area (Å²) in [6, 6.07) is 5.97. The van der Waals surface area contributed by atoms with E-state index in [0.29, 0.717) is 23.4 Å². The maximum Gasteiger partial charge on any atom is 0.229 e. The minimum absolute atomic E-state index is 0.493. The van der Waals surface area contributed by atoms with Crippen molar-refractivity contribution in [3.05, 3.63) is 41.9 Å². The second-order valence-electron chi connectivity index (χ2n) is 9.77. The molecule has 2 atom stereocenters. The third kappa shape index (κ3) is 5.11. The number of hydrogen-bond acceptors (Lipinski definition) is 9. The number of nitrogens with one attached hydrogen (secondary N) is 1. The van der Waals surface area contributed by atoms with Crippen LogP contribution in [0.2, 0.25) is 0 Å². The molecule has 3 aromatic heterocycles. The lowest BCUT2D eigenvalue weighted by atomic mass is 10.2. The maximum atomic E-state index is 10.1. The number of piperazine rings is 1. The molecule has 0 radical (unpaired) electrons. The van der Waals surface area contributed by atoms with Gasteiger partial charge in [0, 0.05) is 63.6 Å². The fourth-order valence-corrected chi connectivity index (χ4v) is 4.64. The van der Waals surface area contributed by atoms with E-state index in [9.17, 15) is 5.11 Å². The number of rotatable bonds is 6. The van der Waals surface area contributed by atoms with Crippen molar-refractivity contribution in [2.45, 2.75) is 32.9 Å². The molecule has 2 aliphatic rings. The Kier molecular flexibility index (Phi) is 6.58. The van der Waals surface area contributed by atoms with E-state index in [-0.39, 0.29) is 0 Å². The number of likely N-dealkylation sites (N-methyl/N-ethyl adjacent to an activating group) is 1. The molecule has 2 saturated heterocycles. The molecule has 9 heteroatoms. The van der Waals surface area contributed by atoms with Gasteiger partial charge in [-0.1, -0.05) is 13.0 Å². The molecule has 9 nitrogen and oxygen atoms in total. The number of aliphatic hydroxyl groups is 1. The van der Waals surface area contributed by atoms with Crippen LogP contribution in [0.1, 0.15) is 37.6 Å². The zero-order valence-corrected chi connectivity index (χ0v) is 20.3. The summed E-state index contributed by atoms with van der Waals surface area (Å²) >= 11 is 0. The molecule has 0 unspecified atom stereocenters. The van der Waals surface area contributed by atoms with Crippen LogP contribution in [0.15, 0.2) is 30.6 Å². The number of nitrogens with zero attached hydrogens (tertiary/aromatic N) is 7. The van der Waals surface area contributed by atoms with Crippen molar-refractivity contribution in [2.75, 3.05) is 56.5 Å². The minimum atomic E-state index is -0.644. The molecule has 0 amide bonds. The molecule has 180 valence electrons. The fourth-order valence-electron chi connectivity index (χ4n) is 4.64. The van der Waals surface area contributed by atoms with Gasteiger partial charge in [0.05, 0.1) is 11.8 Å². The predicted molar refractivity (Wildman–Crippen MR) is 134 cm³/mol. The highest BCUT2D eigenvalue weighted by Crippen LogP contribution is 2.31. The first-order valence-electron chi connectivity index (χ1n) is 12.2. The molecule has 5 rings (SSSR count). The van der Waals surface area contributed by atoms with Crippen LogP contribution in [0.25, 0.3) is 10.9 Å². The van der Waals surface area contributed by atoms with Crippen molar-refractivity contribution in [2.24, 2.45) is 5.92 Å².